The van der Waals surface area contributed by atoms with Gasteiger partial charge in [0.1, 0.15) is 5.75 Å². The van der Waals surface area contributed by atoms with E-state index in [0.717, 1.165) is 22.0 Å². The third-order valence-corrected chi connectivity index (χ3v) is 4.14. The van der Waals surface area contributed by atoms with Crippen molar-refractivity contribution in [3.63, 3.8) is 0 Å². The van der Waals surface area contributed by atoms with Gasteiger partial charge in [-0.05, 0) is 30.7 Å². The first-order chi connectivity index (χ1) is 12.0. The second kappa shape index (κ2) is 7.40. The zero-order valence-corrected chi connectivity index (χ0v) is 14.4. The van der Waals surface area contributed by atoms with Gasteiger partial charge >= 0.3 is 0 Å². The van der Waals surface area contributed by atoms with Crippen LogP contribution in [0.15, 0.2) is 54.7 Å². The van der Waals surface area contributed by atoms with Gasteiger partial charge in [0.05, 0.1) is 6.10 Å². The van der Waals surface area contributed by atoms with Crippen LogP contribution in [0.2, 0.25) is 0 Å². The summed E-state index contributed by atoms with van der Waals surface area (Å²) in [6.07, 6.45) is 1.12. The number of hydrogen-bond donors (Lipinski definition) is 2. The number of amides is 1. The van der Waals surface area contributed by atoms with Gasteiger partial charge in [-0.15, -0.1) is 0 Å². The monoisotopic (exact) mass is 338 g/mol. The summed E-state index contributed by atoms with van der Waals surface area (Å²) in [5.41, 5.74) is 2.92. The first kappa shape index (κ1) is 17.0. The summed E-state index contributed by atoms with van der Waals surface area (Å²) in [6.45, 7) is 2.03. The van der Waals surface area contributed by atoms with Gasteiger partial charge in [0.2, 0.25) is 0 Å². The van der Waals surface area contributed by atoms with Crippen molar-refractivity contribution in [1.29, 1.82) is 0 Å². The number of aliphatic hydroxyl groups excluding tert-OH is 1. The van der Waals surface area contributed by atoms with Crippen LogP contribution in [0.1, 0.15) is 17.2 Å². The molecule has 3 rings (SSSR count). The lowest BCUT2D eigenvalue weighted by atomic mass is 10.1. The number of nitrogens with one attached hydrogen (secondary N) is 1. The van der Waals surface area contributed by atoms with E-state index >= 15 is 0 Å². The zero-order chi connectivity index (χ0) is 17.8. The van der Waals surface area contributed by atoms with Crippen molar-refractivity contribution in [3.8, 4) is 5.75 Å². The number of benzene rings is 2. The van der Waals surface area contributed by atoms with E-state index in [-0.39, 0.29) is 19.1 Å². The van der Waals surface area contributed by atoms with Crippen LogP contribution in [0.4, 0.5) is 0 Å². The predicted octanol–water partition coefficient (Wildman–Crippen LogP) is 2.72. The fourth-order valence-electron chi connectivity index (χ4n) is 2.86. The van der Waals surface area contributed by atoms with Gasteiger partial charge in [0, 0.05) is 36.3 Å². The molecular formula is C20H22N2O3. The molecular weight excluding hydrogens is 316 g/mol. The summed E-state index contributed by atoms with van der Waals surface area (Å²) in [4.78, 5) is 12.0. The Hall–Kier alpha value is -2.79. The number of hydrogen-bond acceptors (Lipinski definition) is 3. The second-order valence-electron chi connectivity index (χ2n) is 6.14. The fraction of sp³-hybridized carbons (Fsp3) is 0.250. The van der Waals surface area contributed by atoms with Crippen LogP contribution in [0.3, 0.4) is 0 Å². The third kappa shape index (κ3) is 4.00. The van der Waals surface area contributed by atoms with E-state index in [9.17, 15) is 9.90 Å². The van der Waals surface area contributed by atoms with Gasteiger partial charge < -0.3 is 19.7 Å². The molecule has 0 fully saturated rings. The Kier molecular flexibility index (Phi) is 5.05. The summed E-state index contributed by atoms with van der Waals surface area (Å²) >= 11 is 0. The highest BCUT2D eigenvalue weighted by molar-refractivity contribution is 5.84. The van der Waals surface area contributed by atoms with E-state index in [2.05, 4.69) is 5.32 Å². The maximum absolute atomic E-state index is 12.0. The lowest BCUT2D eigenvalue weighted by Crippen LogP contribution is -2.32. The molecule has 5 heteroatoms. The highest BCUT2D eigenvalue weighted by Crippen LogP contribution is 2.25. The number of aryl methyl sites for hydroxylation is 2. The average molecular weight is 338 g/mol. The van der Waals surface area contributed by atoms with E-state index in [0.29, 0.717) is 5.75 Å². The van der Waals surface area contributed by atoms with Crippen LogP contribution in [-0.4, -0.2) is 28.7 Å². The van der Waals surface area contributed by atoms with Crippen LogP contribution in [0, 0.1) is 6.92 Å². The molecule has 1 atom stereocenters. The summed E-state index contributed by atoms with van der Waals surface area (Å²) in [7, 11) is 1.94. The third-order valence-electron chi connectivity index (χ3n) is 4.14. The number of aromatic nitrogens is 1. The molecule has 130 valence electrons. The Morgan fingerprint density at radius 3 is 2.84 bits per heavy atom. The van der Waals surface area contributed by atoms with Gasteiger partial charge in [-0.1, -0.05) is 30.3 Å². The van der Waals surface area contributed by atoms with Crippen LogP contribution < -0.4 is 10.1 Å². The molecule has 25 heavy (non-hydrogen) atoms. The fourth-order valence-corrected chi connectivity index (χ4v) is 2.86. The van der Waals surface area contributed by atoms with Gasteiger partial charge in [0.15, 0.2) is 6.61 Å². The Labute approximate surface area is 146 Å². The molecule has 0 spiro atoms. The maximum atomic E-state index is 12.0. The molecule has 2 aromatic carbocycles. The maximum Gasteiger partial charge on any atom is 0.258 e. The van der Waals surface area contributed by atoms with Crippen molar-refractivity contribution in [2.45, 2.75) is 13.0 Å². The van der Waals surface area contributed by atoms with E-state index in [1.165, 1.54) is 0 Å². The number of para-hydroxylation sites is 1. The number of aliphatic hydroxyl groups is 1. The molecule has 0 aliphatic rings. The molecule has 0 bridgehead atoms. The number of fused-ring (bicyclic) bond motifs is 1. The first-order valence-corrected chi connectivity index (χ1v) is 8.23. The average Bonchev–Trinajstić information content (AvgIpc) is 2.95. The summed E-state index contributed by atoms with van der Waals surface area (Å²) in [6, 6.07) is 15.4. The smallest absolute Gasteiger partial charge is 0.258 e. The number of carbonyl (C=O) groups excluding carboxylic acids is 1. The highest BCUT2D eigenvalue weighted by Gasteiger charge is 2.15. The lowest BCUT2D eigenvalue weighted by molar-refractivity contribution is -0.123. The van der Waals surface area contributed by atoms with Crippen molar-refractivity contribution >= 4 is 16.8 Å². The standard InChI is InChI=1S/C20H22N2O3/c1-14-6-5-7-15(10-14)25-13-20(24)21-11-19(23)17-12-22(2)18-9-4-3-8-16(17)18/h3-10,12,19,23H,11,13H2,1-2H3,(H,21,24). The molecule has 1 amide bonds. The van der Waals surface area contributed by atoms with E-state index in [1.54, 1.807) is 0 Å². The van der Waals surface area contributed by atoms with Crippen molar-refractivity contribution < 1.29 is 14.6 Å². The van der Waals surface area contributed by atoms with Gasteiger partial charge in [-0.2, -0.15) is 0 Å². The Morgan fingerprint density at radius 2 is 2.04 bits per heavy atom. The number of carbonyl (C=O) groups is 1. The second-order valence-corrected chi connectivity index (χ2v) is 6.14. The Bertz CT molecular complexity index is 886. The quantitative estimate of drug-likeness (QED) is 0.726. The molecule has 3 aromatic rings. The predicted molar refractivity (Wildman–Crippen MR) is 97.6 cm³/mol. The molecule has 2 N–H and O–H groups in total. The van der Waals surface area contributed by atoms with E-state index in [1.807, 2.05) is 73.3 Å². The summed E-state index contributed by atoms with van der Waals surface area (Å²) in [5.74, 6) is 0.394. The summed E-state index contributed by atoms with van der Waals surface area (Å²) in [5, 5.41) is 14.1. The molecule has 1 aromatic heterocycles. The van der Waals surface area contributed by atoms with Crippen molar-refractivity contribution in [1.82, 2.24) is 9.88 Å². The van der Waals surface area contributed by atoms with Crippen molar-refractivity contribution in [2.24, 2.45) is 7.05 Å². The van der Waals surface area contributed by atoms with Crippen LogP contribution >= 0.6 is 0 Å². The van der Waals surface area contributed by atoms with E-state index in [4.69, 9.17) is 4.74 Å². The number of ether oxygens (including phenoxy) is 1. The molecule has 0 aliphatic heterocycles. The lowest BCUT2D eigenvalue weighted by Gasteiger charge is -2.12. The SMILES string of the molecule is Cc1cccc(OCC(=O)NCC(O)c2cn(C)c3ccccc23)c1. The number of nitrogens with zero attached hydrogens (tertiary/aromatic N) is 1. The van der Waals surface area contributed by atoms with E-state index < -0.39 is 6.10 Å². The molecule has 5 nitrogen and oxygen atoms in total. The minimum absolute atomic E-state index is 0.0777. The van der Waals surface area contributed by atoms with Crippen molar-refractivity contribution in [2.75, 3.05) is 13.2 Å². The minimum atomic E-state index is -0.769. The normalized spacial score (nSPS) is 12.1. The first-order valence-electron chi connectivity index (χ1n) is 8.23. The van der Waals surface area contributed by atoms with Crippen LogP contribution in [-0.2, 0) is 11.8 Å². The topological polar surface area (TPSA) is 63.5 Å². The van der Waals surface area contributed by atoms with Crippen LogP contribution in [0.25, 0.3) is 10.9 Å². The number of rotatable bonds is 6. The molecule has 0 saturated heterocycles. The summed E-state index contributed by atoms with van der Waals surface area (Å²) < 4.78 is 7.43. The molecule has 1 heterocycles. The highest BCUT2D eigenvalue weighted by atomic mass is 16.5. The van der Waals surface area contributed by atoms with Gasteiger partial charge in [-0.3, -0.25) is 4.79 Å². The van der Waals surface area contributed by atoms with Crippen LogP contribution in [0.5, 0.6) is 5.75 Å². The minimum Gasteiger partial charge on any atom is -0.484 e. The van der Waals surface area contributed by atoms with Crippen molar-refractivity contribution in [3.05, 3.63) is 65.9 Å². The van der Waals surface area contributed by atoms with Gasteiger partial charge in [-0.25, -0.2) is 0 Å². The molecule has 0 radical (unpaired) electrons. The van der Waals surface area contributed by atoms with Gasteiger partial charge in [0.25, 0.3) is 5.91 Å². The zero-order valence-electron chi connectivity index (χ0n) is 14.4. The molecule has 0 saturated carbocycles. The molecule has 1 unspecified atom stereocenters. The Morgan fingerprint density at radius 1 is 1.24 bits per heavy atom. The Balaban J connectivity index is 1.56. The molecule has 0 aliphatic carbocycles. The largest absolute Gasteiger partial charge is 0.484 e.